The zero-order valence-electron chi connectivity index (χ0n) is 13.8. The monoisotopic (exact) mass is 309 g/mol. The second-order valence-electron chi connectivity index (χ2n) is 7.08. The Labute approximate surface area is 135 Å². The first-order valence-electron chi connectivity index (χ1n) is 8.04. The number of hydrogen-bond acceptors (Lipinski definition) is 1. The van der Waals surface area contributed by atoms with Crippen LogP contribution in [-0.2, 0) is 10.3 Å². The van der Waals surface area contributed by atoms with E-state index >= 15 is 0 Å². The zero-order chi connectivity index (χ0) is 15.8. The molecule has 1 saturated heterocycles. The highest BCUT2D eigenvalue weighted by atomic mass is 28.3. The fraction of sp³-hybridized carbons (Fsp3) is 0.350. The molecule has 1 radical (unpaired) electrons. The largest absolute Gasteiger partial charge is 0.370 e. The van der Waals surface area contributed by atoms with Crippen LogP contribution in [0.5, 0.6) is 0 Å². The van der Waals surface area contributed by atoms with Gasteiger partial charge in [0.2, 0.25) is 0 Å². The minimum absolute atomic E-state index is 0.273. The molecule has 0 bridgehead atoms. The number of ether oxygens (including phenoxy) is 1. The van der Waals surface area contributed by atoms with Crippen LogP contribution in [0.2, 0.25) is 18.6 Å². The lowest BCUT2D eigenvalue weighted by atomic mass is 9.84. The zero-order valence-corrected chi connectivity index (χ0v) is 14.8. The van der Waals surface area contributed by atoms with Crippen molar-refractivity contribution in [1.82, 2.24) is 0 Å². The Hall–Kier alpha value is -1.38. The predicted molar refractivity (Wildman–Crippen MR) is 95.9 cm³/mol. The number of benzene rings is 2. The van der Waals surface area contributed by atoms with Crippen LogP contribution < -0.4 is 5.19 Å². The summed E-state index contributed by atoms with van der Waals surface area (Å²) in [5.41, 5.74) is 1.50. The van der Waals surface area contributed by atoms with Crippen LogP contribution in [0, 0.1) is 12.8 Å². The van der Waals surface area contributed by atoms with E-state index in [0.29, 0.717) is 5.54 Å². The molecule has 115 valence electrons. The van der Waals surface area contributed by atoms with Gasteiger partial charge in [0.15, 0.2) is 0 Å². The lowest BCUT2D eigenvalue weighted by Gasteiger charge is -2.36. The van der Waals surface area contributed by atoms with Crippen molar-refractivity contribution in [2.75, 3.05) is 6.61 Å². The van der Waals surface area contributed by atoms with Crippen molar-refractivity contribution in [2.24, 2.45) is 5.92 Å². The standard InChI is InChI=1S/C20H25OSi/c1-16-19(22(3,4)18-13-9-6-10-14-18)15-21-20(16,2)17-11-7-5-8-12-17/h5-14,16,19H,1,15H2,2-4H3/t16-,19-,20-/m1/s1. The van der Waals surface area contributed by atoms with E-state index in [9.17, 15) is 0 Å². The summed E-state index contributed by atoms with van der Waals surface area (Å²) in [6.45, 7) is 12.5. The molecule has 0 aliphatic carbocycles. The van der Waals surface area contributed by atoms with Crippen molar-refractivity contribution in [3.63, 3.8) is 0 Å². The van der Waals surface area contributed by atoms with Gasteiger partial charge in [0.25, 0.3) is 0 Å². The van der Waals surface area contributed by atoms with E-state index in [-0.39, 0.29) is 11.5 Å². The molecule has 2 heteroatoms. The molecular weight excluding hydrogens is 284 g/mol. The highest BCUT2D eigenvalue weighted by Gasteiger charge is 2.51. The minimum atomic E-state index is -1.62. The number of rotatable bonds is 3. The van der Waals surface area contributed by atoms with E-state index in [1.165, 1.54) is 10.8 Å². The van der Waals surface area contributed by atoms with Gasteiger partial charge in [0, 0.05) is 6.61 Å². The van der Waals surface area contributed by atoms with Gasteiger partial charge < -0.3 is 4.74 Å². The Kier molecular flexibility index (Phi) is 4.00. The molecule has 22 heavy (non-hydrogen) atoms. The third-order valence-corrected chi connectivity index (χ3v) is 9.79. The molecule has 1 aliphatic heterocycles. The van der Waals surface area contributed by atoms with Crippen LogP contribution in [0.3, 0.4) is 0 Å². The topological polar surface area (TPSA) is 9.23 Å². The fourth-order valence-electron chi connectivity index (χ4n) is 3.73. The summed E-state index contributed by atoms with van der Waals surface area (Å²) < 4.78 is 6.33. The third kappa shape index (κ3) is 2.44. The maximum absolute atomic E-state index is 6.33. The van der Waals surface area contributed by atoms with E-state index < -0.39 is 8.07 Å². The number of hydrogen-bond donors (Lipinski definition) is 0. The summed E-state index contributed by atoms with van der Waals surface area (Å²) in [5.74, 6) is 0.275. The van der Waals surface area contributed by atoms with Gasteiger partial charge in [-0.2, -0.15) is 0 Å². The van der Waals surface area contributed by atoms with Gasteiger partial charge in [0.05, 0.1) is 13.7 Å². The van der Waals surface area contributed by atoms with E-state index in [1.54, 1.807) is 0 Å². The molecule has 0 spiro atoms. The minimum Gasteiger partial charge on any atom is -0.370 e. The van der Waals surface area contributed by atoms with Crippen LogP contribution in [0.1, 0.15) is 12.5 Å². The van der Waals surface area contributed by atoms with Crippen LogP contribution >= 0.6 is 0 Å². The van der Waals surface area contributed by atoms with E-state index in [2.05, 4.69) is 87.6 Å². The van der Waals surface area contributed by atoms with Crippen LogP contribution in [-0.4, -0.2) is 14.7 Å². The Morgan fingerprint density at radius 3 is 2.14 bits per heavy atom. The molecule has 0 amide bonds. The third-order valence-electron chi connectivity index (χ3n) is 5.55. The lowest BCUT2D eigenvalue weighted by molar-refractivity contribution is -0.000290. The normalized spacial score (nSPS) is 28.7. The molecule has 1 nitrogen and oxygen atoms in total. The summed E-state index contributed by atoms with van der Waals surface area (Å²) in [6, 6.07) is 21.5. The first-order valence-corrected chi connectivity index (χ1v) is 11.1. The van der Waals surface area contributed by atoms with Gasteiger partial charge in [-0.05, 0) is 30.9 Å². The predicted octanol–water partition coefficient (Wildman–Crippen LogP) is 4.37. The van der Waals surface area contributed by atoms with Crippen LogP contribution in [0.4, 0.5) is 0 Å². The van der Waals surface area contributed by atoms with Crippen molar-refractivity contribution in [3.05, 3.63) is 73.2 Å². The first-order chi connectivity index (χ1) is 10.5. The van der Waals surface area contributed by atoms with Crippen molar-refractivity contribution in [2.45, 2.75) is 31.2 Å². The Morgan fingerprint density at radius 1 is 1.00 bits per heavy atom. The summed E-state index contributed by atoms with van der Waals surface area (Å²) in [7, 11) is -1.62. The molecule has 3 rings (SSSR count). The SMILES string of the molecule is [CH2][C@@H]1[C@H]([Si](C)(C)c2ccccc2)CO[C@@]1(C)c1ccccc1. The Balaban J connectivity index is 1.92. The van der Waals surface area contributed by atoms with E-state index in [0.717, 1.165) is 6.61 Å². The maximum atomic E-state index is 6.33. The molecule has 2 aromatic rings. The average Bonchev–Trinajstić information content (AvgIpc) is 2.86. The Bertz CT molecular complexity index is 623. The smallest absolute Gasteiger partial charge is 0.0932 e. The summed E-state index contributed by atoms with van der Waals surface area (Å²) in [4.78, 5) is 0. The fourth-order valence-corrected chi connectivity index (χ4v) is 7.03. The van der Waals surface area contributed by atoms with Gasteiger partial charge in [0.1, 0.15) is 0 Å². The van der Waals surface area contributed by atoms with Crippen molar-refractivity contribution in [3.8, 4) is 0 Å². The van der Waals surface area contributed by atoms with Crippen molar-refractivity contribution in [1.29, 1.82) is 0 Å². The molecule has 0 unspecified atom stereocenters. The molecule has 1 aliphatic rings. The molecule has 0 N–H and O–H groups in total. The summed E-state index contributed by atoms with van der Waals surface area (Å²) in [5, 5.41) is 1.49. The van der Waals surface area contributed by atoms with Crippen molar-refractivity contribution >= 4 is 13.3 Å². The van der Waals surface area contributed by atoms with Gasteiger partial charge in [-0.1, -0.05) is 78.9 Å². The molecule has 3 atom stereocenters. The quantitative estimate of drug-likeness (QED) is 0.765. The molecule has 1 heterocycles. The highest BCUT2D eigenvalue weighted by molar-refractivity contribution is 6.91. The van der Waals surface area contributed by atoms with E-state index in [4.69, 9.17) is 4.74 Å². The molecular formula is C20H25OSi. The molecule has 1 fully saturated rings. The summed E-state index contributed by atoms with van der Waals surface area (Å²) >= 11 is 0. The maximum Gasteiger partial charge on any atom is 0.0932 e. The van der Waals surface area contributed by atoms with E-state index in [1.807, 2.05) is 0 Å². The first kappa shape index (κ1) is 15.5. The summed E-state index contributed by atoms with van der Waals surface area (Å²) in [6.07, 6.45) is 0. The second kappa shape index (κ2) is 5.67. The van der Waals surface area contributed by atoms with Gasteiger partial charge >= 0.3 is 0 Å². The highest BCUT2D eigenvalue weighted by Crippen LogP contribution is 2.49. The molecule has 0 aromatic heterocycles. The molecule has 0 saturated carbocycles. The average molecular weight is 310 g/mol. The lowest BCUT2D eigenvalue weighted by Crippen LogP contribution is -2.49. The van der Waals surface area contributed by atoms with Gasteiger partial charge in [-0.3, -0.25) is 0 Å². The molecule has 2 aromatic carbocycles. The van der Waals surface area contributed by atoms with Crippen LogP contribution in [0.15, 0.2) is 60.7 Å². The Morgan fingerprint density at radius 2 is 1.55 bits per heavy atom. The van der Waals surface area contributed by atoms with Gasteiger partial charge in [-0.15, -0.1) is 0 Å². The van der Waals surface area contributed by atoms with Crippen molar-refractivity contribution < 1.29 is 4.74 Å². The van der Waals surface area contributed by atoms with Crippen LogP contribution in [0.25, 0.3) is 0 Å². The van der Waals surface area contributed by atoms with Gasteiger partial charge in [-0.25, -0.2) is 0 Å². The second-order valence-corrected chi connectivity index (χ2v) is 11.8.